The van der Waals surface area contributed by atoms with Crippen LogP contribution in [0.3, 0.4) is 0 Å². The number of thiophene rings is 1. The second kappa shape index (κ2) is 5.74. The highest BCUT2D eigenvalue weighted by Gasteiger charge is 2.18. The summed E-state index contributed by atoms with van der Waals surface area (Å²) in [6, 6.07) is 7.00. The van der Waals surface area contributed by atoms with Gasteiger partial charge in [0.2, 0.25) is 0 Å². The Morgan fingerprint density at radius 3 is 2.90 bits per heavy atom. The van der Waals surface area contributed by atoms with Gasteiger partial charge in [0, 0.05) is 14.0 Å². The van der Waals surface area contributed by atoms with E-state index in [1.165, 1.54) is 11.3 Å². The van der Waals surface area contributed by atoms with E-state index in [0.717, 1.165) is 8.96 Å². The van der Waals surface area contributed by atoms with Crippen LogP contribution in [-0.2, 0) is 0 Å². The maximum Gasteiger partial charge on any atom is 0.267 e. The summed E-state index contributed by atoms with van der Waals surface area (Å²) in [6.07, 6.45) is 1.55. The zero-order valence-electron chi connectivity index (χ0n) is 10.4. The Hall–Kier alpha value is -1.45. The van der Waals surface area contributed by atoms with Crippen molar-refractivity contribution in [2.75, 3.05) is 11.1 Å². The number of carbonyl (C=O) groups excluding carboxylic acids is 1. The van der Waals surface area contributed by atoms with Gasteiger partial charge in [0.25, 0.3) is 5.91 Å². The summed E-state index contributed by atoms with van der Waals surface area (Å²) in [5.74, 6) is -0.268. The summed E-state index contributed by atoms with van der Waals surface area (Å²) in [6.45, 7) is 0. The van der Waals surface area contributed by atoms with Crippen LogP contribution in [0.4, 0.5) is 11.4 Å². The lowest BCUT2D eigenvalue weighted by Crippen LogP contribution is -2.12. The Morgan fingerprint density at radius 1 is 1.38 bits per heavy atom. The number of nitrogens with zero attached hydrogens (tertiary/aromatic N) is 2. The van der Waals surface area contributed by atoms with E-state index >= 15 is 0 Å². The number of aromatic nitrogens is 2. The summed E-state index contributed by atoms with van der Waals surface area (Å²) in [7, 11) is 0. The Kier molecular flexibility index (Phi) is 3.96. The van der Waals surface area contributed by atoms with Gasteiger partial charge in [-0.2, -0.15) is 5.10 Å². The van der Waals surface area contributed by atoms with Gasteiger partial charge in [0.1, 0.15) is 9.71 Å². The molecule has 0 saturated carbocycles. The molecule has 0 aliphatic rings. The molecule has 2 aromatic heterocycles. The molecule has 3 aromatic rings. The van der Waals surface area contributed by atoms with E-state index in [2.05, 4.69) is 38.1 Å². The molecule has 0 radical (unpaired) electrons. The number of hydrogen-bond acceptors (Lipinski definition) is 5. The van der Waals surface area contributed by atoms with Crippen LogP contribution < -0.4 is 11.1 Å². The number of anilines is 2. The van der Waals surface area contributed by atoms with Crippen LogP contribution in [0.15, 0.2) is 30.5 Å². The van der Waals surface area contributed by atoms with E-state index in [0.29, 0.717) is 26.1 Å². The van der Waals surface area contributed by atoms with Gasteiger partial charge >= 0.3 is 0 Å². The van der Waals surface area contributed by atoms with Crippen LogP contribution in [0.5, 0.6) is 0 Å². The number of nitrogens with two attached hydrogens (primary N) is 1. The molecule has 0 aliphatic heterocycles. The van der Waals surface area contributed by atoms with Crippen molar-refractivity contribution in [2.45, 2.75) is 0 Å². The number of amides is 1. The van der Waals surface area contributed by atoms with Gasteiger partial charge in [-0.15, -0.1) is 16.4 Å². The molecule has 3 N–H and O–H groups in total. The fourth-order valence-electron chi connectivity index (χ4n) is 1.81. The van der Waals surface area contributed by atoms with Crippen LogP contribution in [0.2, 0.25) is 5.02 Å². The molecule has 0 atom stereocenters. The van der Waals surface area contributed by atoms with E-state index in [1.807, 2.05) is 0 Å². The largest absolute Gasteiger partial charge is 0.397 e. The van der Waals surface area contributed by atoms with Gasteiger partial charge in [-0.25, -0.2) is 0 Å². The van der Waals surface area contributed by atoms with Crippen LogP contribution in [0.1, 0.15) is 9.67 Å². The number of carbonyl (C=O) groups is 1. The number of hydrogen-bond donors (Lipinski definition) is 2. The van der Waals surface area contributed by atoms with Crippen LogP contribution >= 0.6 is 45.5 Å². The summed E-state index contributed by atoms with van der Waals surface area (Å²) < 4.78 is 0.855. The predicted molar refractivity (Wildman–Crippen MR) is 93.9 cm³/mol. The third-order valence-electron chi connectivity index (χ3n) is 2.81. The summed E-state index contributed by atoms with van der Waals surface area (Å²) >= 11 is 9.23. The minimum absolute atomic E-state index is 0.268. The van der Waals surface area contributed by atoms with Crippen molar-refractivity contribution in [3.05, 3.63) is 43.9 Å². The third-order valence-corrected chi connectivity index (χ3v) is 5.04. The average Bonchev–Trinajstić information content (AvgIpc) is 2.80. The molecule has 5 nitrogen and oxygen atoms in total. The van der Waals surface area contributed by atoms with E-state index in [1.54, 1.807) is 30.5 Å². The van der Waals surface area contributed by atoms with Crippen molar-refractivity contribution in [1.29, 1.82) is 0 Å². The van der Waals surface area contributed by atoms with Crippen molar-refractivity contribution in [2.24, 2.45) is 0 Å². The SMILES string of the molecule is Nc1c(C(=O)Nc2ccc(Cl)cc2I)sc2nnccc12. The van der Waals surface area contributed by atoms with Crippen LogP contribution in [0, 0.1) is 3.57 Å². The van der Waals surface area contributed by atoms with E-state index in [9.17, 15) is 4.79 Å². The fourth-order valence-corrected chi connectivity index (χ4v) is 3.75. The molecule has 0 bridgehead atoms. The maximum absolute atomic E-state index is 12.4. The van der Waals surface area contributed by atoms with Crippen LogP contribution in [0.25, 0.3) is 10.2 Å². The van der Waals surface area contributed by atoms with Crippen molar-refractivity contribution in [3.63, 3.8) is 0 Å². The lowest BCUT2D eigenvalue weighted by molar-refractivity contribution is 0.103. The summed E-state index contributed by atoms with van der Waals surface area (Å²) in [5.41, 5.74) is 7.13. The quantitative estimate of drug-likeness (QED) is 0.606. The average molecular weight is 431 g/mol. The number of halogens is 2. The summed E-state index contributed by atoms with van der Waals surface area (Å²) in [4.78, 5) is 13.4. The van der Waals surface area contributed by atoms with E-state index < -0.39 is 0 Å². The summed E-state index contributed by atoms with van der Waals surface area (Å²) in [5, 5.41) is 12.0. The molecule has 21 heavy (non-hydrogen) atoms. The Bertz CT molecular complexity index is 851. The third kappa shape index (κ3) is 2.81. The topological polar surface area (TPSA) is 80.9 Å². The zero-order valence-corrected chi connectivity index (χ0v) is 14.2. The highest BCUT2D eigenvalue weighted by molar-refractivity contribution is 14.1. The van der Waals surface area contributed by atoms with Crippen molar-refractivity contribution >= 4 is 73.0 Å². The minimum Gasteiger partial charge on any atom is -0.397 e. The monoisotopic (exact) mass is 430 g/mol. The van der Waals surface area contributed by atoms with Crippen molar-refractivity contribution in [3.8, 4) is 0 Å². The molecule has 2 heterocycles. The maximum atomic E-state index is 12.4. The van der Waals surface area contributed by atoms with Crippen molar-refractivity contribution in [1.82, 2.24) is 10.2 Å². The number of benzene rings is 1. The van der Waals surface area contributed by atoms with Gasteiger partial charge in [-0.3, -0.25) is 4.79 Å². The Morgan fingerprint density at radius 2 is 2.19 bits per heavy atom. The molecule has 8 heteroatoms. The molecule has 0 fully saturated rings. The van der Waals surface area contributed by atoms with Gasteiger partial charge < -0.3 is 11.1 Å². The highest BCUT2D eigenvalue weighted by Crippen LogP contribution is 2.32. The van der Waals surface area contributed by atoms with Gasteiger partial charge in [-0.1, -0.05) is 11.6 Å². The highest BCUT2D eigenvalue weighted by atomic mass is 127. The second-order valence-corrected chi connectivity index (χ2v) is 6.77. The molecular weight excluding hydrogens is 423 g/mol. The first kappa shape index (κ1) is 14.5. The molecule has 0 saturated heterocycles. The van der Waals surface area contributed by atoms with Crippen LogP contribution in [-0.4, -0.2) is 16.1 Å². The fraction of sp³-hybridized carbons (Fsp3) is 0. The first-order valence-electron chi connectivity index (χ1n) is 5.82. The number of rotatable bonds is 2. The van der Waals surface area contributed by atoms with Gasteiger partial charge in [0.05, 0.1) is 17.6 Å². The van der Waals surface area contributed by atoms with Gasteiger partial charge in [-0.05, 0) is 46.9 Å². The first-order chi connectivity index (χ1) is 10.1. The molecular formula is C13H8ClIN4OS. The number of nitrogen functional groups attached to an aromatic ring is 1. The second-order valence-electron chi connectivity index (χ2n) is 4.17. The molecule has 1 aromatic carbocycles. The first-order valence-corrected chi connectivity index (χ1v) is 8.09. The Labute approximate surface area is 142 Å². The van der Waals surface area contributed by atoms with Gasteiger partial charge in [0.15, 0.2) is 0 Å². The van der Waals surface area contributed by atoms with E-state index in [4.69, 9.17) is 17.3 Å². The molecule has 0 aliphatic carbocycles. The lowest BCUT2D eigenvalue weighted by atomic mass is 10.2. The predicted octanol–water partition coefficient (Wildman–Crippen LogP) is 3.78. The normalized spacial score (nSPS) is 10.8. The molecule has 1 amide bonds. The standard InChI is InChI=1S/C13H8ClIN4OS/c14-6-1-2-9(8(15)5-6)18-12(20)11-10(16)7-3-4-17-19-13(7)21-11/h1-5H,16H2,(H,18,20). The Balaban J connectivity index is 1.95. The van der Waals surface area contributed by atoms with Crippen molar-refractivity contribution < 1.29 is 4.79 Å². The zero-order chi connectivity index (χ0) is 15.0. The number of fused-ring (bicyclic) bond motifs is 1. The molecule has 3 rings (SSSR count). The minimum atomic E-state index is -0.268. The smallest absolute Gasteiger partial charge is 0.267 e. The lowest BCUT2D eigenvalue weighted by Gasteiger charge is -2.07. The number of nitrogens with one attached hydrogen (secondary N) is 1. The molecule has 0 spiro atoms. The van der Waals surface area contributed by atoms with E-state index in [-0.39, 0.29) is 5.91 Å². The molecule has 106 valence electrons. The molecule has 0 unspecified atom stereocenters.